The molecule has 1 atom stereocenters. The van der Waals surface area contributed by atoms with Gasteiger partial charge in [0.15, 0.2) is 5.76 Å². The van der Waals surface area contributed by atoms with Crippen molar-refractivity contribution in [3.05, 3.63) is 54.7 Å². The third kappa shape index (κ3) is 4.97. The molecule has 0 aliphatic carbocycles. The molecule has 2 heterocycles. The number of nitrogens with one attached hydrogen (secondary N) is 1. The van der Waals surface area contributed by atoms with Gasteiger partial charge in [0.1, 0.15) is 17.4 Å². The summed E-state index contributed by atoms with van der Waals surface area (Å²) in [6.45, 7) is 11.1. The molecule has 0 unspecified atom stereocenters. The zero-order valence-corrected chi connectivity index (χ0v) is 18.0. The van der Waals surface area contributed by atoms with Gasteiger partial charge in [0.2, 0.25) is 5.89 Å². The molecule has 0 spiro atoms. The maximum Gasteiger partial charge on any atom is 0.408 e. The molecule has 1 amide bonds. The summed E-state index contributed by atoms with van der Waals surface area (Å²) in [6, 6.07) is 7.29. The number of alkyl carbamates (subject to hydrolysis) is 1. The number of aryl methyl sites for hydroxylation is 1. The predicted octanol–water partition coefficient (Wildman–Crippen LogP) is 5.35. The number of ether oxygens (including phenoxy) is 2. The van der Waals surface area contributed by atoms with Gasteiger partial charge in [-0.1, -0.05) is 12.1 Å². The Balaban J connectivity index is 1.92. The number of methoxy groups -OCH3 is 1. The Kier molecular flexibility index (Phi) is 6.10. The van der Waals surface area contributed by atoms with Gasteiger partial charge in [0.25, 0.3) is 0 Å². The number of pyridine rings is 1. The van der Waals surface area contributed by atoms with E-state index in [1.165, 1.54) is 0 Å². The number of nitrogens with zero attached hydrogens (tertiary/aromatic N) is 2. The SMILES string of the molecule is C=CC[C@H](NC(=O)OC(C)(C)C)c1ncc(-c2cc3ccc(C)nc3cc2OC)o1. The Morgan fingerprint density at radius 1 is 1.33 bits per heavy atom. The van der Waals surface area contributed by atoms with E-state index in [-0.39, 0.29) is 0 Å². The van der Waals surface area contributed by atoms with Crippen LogP contribution in [0.3, 0.4) is 0 Å². The second-order valence-electron chi connectivity index (χ2n) is 7.98. The van der Waals surface area contributed by atoms with Crippen LogP contribution in [0.15, 0.2) is 47.5 Å². The largest absolute Gasteiger partial charge is 0.496 e. The number of hydrogen-bond donors (Lipinski definition) is 1. The van der Waals surface area contributed by atoms with Crippen LogP contribution in [0, 0.1) is 6.92 Å². The van der Waals surface area contributed by atoms with E-state index < -0.39 is 17.7 Å². The molecule has 0 aliphatic heterocycles. The van der Waals surface area contributed by atoms with Gasteiger partial charge in [-0.3, -0.25) is 4.98 Å². The van der Waals surface area contributed by atoms with Crippen molar-refractivity contribution in [3.63, 3.8) is 0 Å². The van der Waals surface area contributed by atoms with Crippen LogP contribution in [0.25, 0.3) is 22.2 Å². The topological polar surface area (TPSA) is 86.5 Å². The summed E-state index contributed by atoms with van der Waals surface area (Å²) < 4.78 is 16.9. The number of rotatable bonds is 6. The van der Waals surface area contributed by atoms with Gasteiger partial charge in [-0.05, 0) is 46.2 Å². The van der Waals surface area contributed by atoms with Crippen LogP contribution >= 0.6 is 0 Å². The Bertz CT molecular complexity index is 1070. The molecular weight excluding hydrogens is 382 g/mol. The van der Waals surface area contributed by atoms with Gasteiger partial charge in [0, 0.05) is 17.1 Å². The van der Waals surface area contributed by atoms with E-state index in [1.54, 1.807) is 40.2 Å². The summed E-state index contributed by atoms with van der Waals surface area (Å²) in [5.74, 6) is 1.52. The number of carbonyl (C=O) groups is 1. The molecule has 30 heavy (non-hydrogen) atoms. The summed E-state index contributed by atoms with van der Waals surface area (Å²) in [4.78, 5) is 21.1. The van der Waals surface area contributed by atoms with E-state index >= 15 is 0 Å². The third-order valence-electron chi connectivity index (χ3n) is 4.33. The number of fused-ring (bicyclic) bond motifs is 1. The van der Waals surface area contributed by atoms with Gasteiger partial charge >= 0.3 is 6.09 Å². The number of aromatic nitrogens is 2. The molecule has 7 heteroatoms. The molecule has 0 saturated carbocycles. The highest BCUT2D eigenvalue weighted by molar-refractivity contribution is 5.87. The first kappa shape index (κ1) is 21.4. The van der Waals surface area contributed by atoms with E-state index in [9.17, 15) is 4.79 Å². The fourth-order valence-corrected chi connectivity index (χ4v) is 3.03. The first-order valence-electron chi connectivity index (χ1n) is 9.72. The molecule has 158 valence electrons. The Hall–Kier alpha value is -3.35. The van der Waals surface area contributed by atoms with Crippen molar-refractivity contribution in [2.24, 2.45) is 0 Å². The zero-order valence-electron chi connectivity index (χ0n) is 18.0. The lowest BCUT2D eigenvalue weighted by Crippen LogP contribution is -2.35. The van der Waals surface area contributed by atoms with Crippen LogP contribution in [0.5, 0.6) is 5.75 Å². The van der Waals surface area contributed by atoms with Gasteiger partial charge in [-0.15, -0.1) is 6.58 Å². The van der Waals surface area contributed by atoms with E-state index in [0.717, 1.165) is 22.2 Å². The molecule has 0 bridgehead atoms. The van der Waals surface area contributed by atoms with Crippen molar-refractivity contribution in [1.29, 1.82) is 0 Å². The minimum absolute atomic E-state index is 0.361. The maximum absolute atomic E-state index is 12.2. The van der Waals surface area contributed by atoms with Crippen molar-refractivity contribution in [2.45, 2.75) is 45.8 Å². The van der Waals surface area contributed by atoms with E-state index in [0.29, 0.717) is 23.8 Å². The van der Waals surface area contributed by atoms with Crippen molar-refractivity contribution in [2.75, 3.05) is 7.11 Å². The van der Waals surface area contributed by atoms with Crippen molar-refractivity contribution in [3.8, 4) is 17.1 Å². The van der Waals surface area contributed by atoms with Crippen LogP contribution < -0.4 is 10.1 Å². The lowest BCUT2D eigenvalue weighted by atomic mass is 10.1. The standard InChI is InChI=1S/C23H27N3O4/c1-7-8-17(26-22(27)30-23(3,4)5)21-24-13-20(29-21)16-11-15-10-9-14(2)25-18(15)12-19(16)28-6/h7,9-13,17H,1,8H2,2-6H3,(H,26,27)/t17-/m0/s1. The van der Waals surface area contributed by atoms with E-state index in [2.05, 4.69) is 21.9 Å². The van der Waals surface area contributed by atoms with Crippen LogP contribution in [0.4, 0.5) is 4.79 Å². The average Bonchev–Trinajstić information content (AvgIpc) is 3.15. The van der Waals surface area contributed by atoms with Crippen LogP contribution in [-0.2, 0) is 4.74 Å². The quantitative estimate of drug-likeness (QED) is 0.552. The van der Waals surface area contributed by atoms with Crippen LogP contribution in [0.2, 0.25) is 0 Å². The summed E-state index contributed by atoms with van der Waals surface area (Å²) in [6.07, 6.45) is 3.21. The number of oxazole rings is 1. The lowest BCUT2D eigenvalue weighted by Gasteiger charge is -2.22. The highest BCUT2D eigenvalue weighted by atomic mass is 16.6. The number of hydrogen-bond acceptors (Lipinski definition) is 6. The van der Waals surface area contributed by atoms with Gasteiger partial charge in [-0.2, -0.15) is 0 Å². The van der Waals surface area contributed by atoms with Crippen LogP contribution in [-0.4, -0.2) is 28.8 Å². The fourth-order valence-electron chi connectivity index (χ4n) is 3.03. The number of carbonyl (C=O) groups excluding carboxylic acids is 1. The monoisotopic (exact) mass is 409 g/mol. The van der Waals surface area contributed by atoms with Gasteiger partial charge < -0.3 is 19.2 Å². The summed E-state index contributed by atoms with van der Waals surface area (Å²) in [5.41, 5.74) is 1.92. The fraction of sp³-hybridized carbons (Fsp3) is 0.348. The molecule has 3 aromatic rings. The van der Waals surface area contributed by atoms with Crippen molar-refractivity contribution >= 4 is 17.0 Å². The number of amides is 1. The Labute approximate surface area is 176 Å². The molecular formula is C23H27N3O4. The summed E-state index contributed by atoms with van der Waals surface area (Å²) in [7, 11) is 1.60. The van der Waals surface area contributed by atoms with E-state index in [4.69, 9.17) is 13.9 Å². The smallest absolute Gasteiger partial charge is 0.408 e. The maximum atomic E-state index is 12.2. The summed E-state index contributed by atoms with van der Waals surface area (Å²) >= 11 is 0. The molecule has 0 saturated heterocycles. The minimum atomic E-state index is -0.602. The lowest BCUT2D eigenvalue weighted by molar-refractivity contribution is 0.0496. The van der Waals surface area contributed by atoms with Crippen molar-refractivity contribution in [1.82, 2.24) is 15.3 Å². The molecule has 7 nitrogen and oxygen atoms in total. The molecule has 0 aliphatic rings. The second-order valence-corrected chi connectivity index (χ2v) is 7.98. The molecule has 2 aromatic heterocycles. The first-order chi connectivity index (χ1) is 14.2. The molecule has 1 N–H and O–H groups in total. The zero-order chi connectivity index (χ0) is 21.9. The Morgan fingerprint density at radius 2 is 2.10 bits per heavy atom. The first-order valence-corrected chi connectivity index (χ1v) is 9.72. The molecule has 1 aromatic carbocycles. The molecule has 0 radical (unpaired) electrons. The highest BCUT2D eigenvalue weighted by Gasteiger charge is 2.24. The highest BCUT2D eigenvalue weighted by Crippen LogP contribution is 2.35. The third-order valence-corrected chi connectivity index (χ3v) is 4.33. The Morgan fingerprint density at radius 3 is 2.77 bits per heavy atom. The predicted molar refractivity (Wildman–Crippen MR) is 115 cm³/mol. The number of benzene rings is 1. The van der Waals surface area contributed by atoms with E-state index in [1.807, 2.05) is 31.2 Å². The van der Waals surface area contributed by atoms with Crippen molar-refractivity contribution < 1.29 is 18.7 Å². The minimum Gasteiger partial charge on any atom is -0.496 e. The summed E-state index contributed by atoms with van der Waals surface area (Å²) in [5, 5.41) is 3.75. The van der Waals surface area contributed by atoms with Gasteiger partial charge in [-0.25, -0.2) is 9.78 Å². The molecule has 0 fully saturated rings. The normalized spacial score (nSPS) is 12.4. The van der Waals surface area contributed by atoms with Gasteiger partial charge in [0.05, 0.1) is 24.4 Å². The molecule has 3 rings (SSSR count). The van der Waals surface area contributed by atoms with Crippen LogP contribution in [0.1, 0.15) is 44.8 Å². The second kappa shape index (κ2) is 8.57. The average molecular weight is 409 g/mol.